The Kier molecular flexibility index (Phi) is 3.69. The highest BCUT2D eigenvalue weighted by Crippen LogP contribution is 2.18. The highest BCUT2D eigenvalue weighted by Gasteiger charge is 2.28. The summed E-state index contributed by atoms with van der Waals surface area (Å²) in [6, 6.07) is -0.139. The van der Waals surface area contributed by atoms with Crippen LogP contribution in [0.15, 0.2) is 0 Å². The first-order valence-corrected chi connectivity index (χ1v) is 4.89. The van der Waals surface area contributed by atoms with E-state index >= 15 is 0 Å². The molecule has 0 spiro atoms. The summed E-state index contributed by atoms with van der Waals surface area (Å²) < 4.78 is 0. The number of hydrogen-bond acceptors (Lipinski definition) is 3. The van der Waals surface area contributed by atoms with Crippen LogP contribution in [0.5, 0.6) is 0 Å². The van der Waals surface area contributed by atoms with E-state index in [9.17, 15) is 9.90 Å². The van der Waals surface area contributed by atoms with Crippen LogP contribution in [0, 0.1) is 0 Å². The lowest BCUT2D eigenvalue weighted by Crippen LogP contribution is -2.46. The van der Waals surface area contributed by atoms with Crippen molar-refractivity contribution in [2.75, 3.05) is 0 Å². The largest absolute Gasteiger partial charge is 0.382 e. The number of amides is 1. The van der Waals surface area contributed by atoms with E-state index in [1.165, 1.54) is 0 Å². The molecule has 0 bridgehead atoms. The molecule has 1 unspecified atom stereocenters. The van der Waals surface area contributed by atoms with Gasteiger partial charge >= 0.3 is 0 Å². The van der Waals surface area contributed by atoms with Gasteiger partial charge in [-0.25, -0.2) is 0 Å². The van der Waals surface area contributed by atoms with Crippen LogP contribution in [0.4, 0.5) is 0 Å². The first-order valence-electron chi connectivity index (χ1n) is 4.89. The van der Waals surface area contributed by atoms with E-state index in [0.717, 1.165) is 19.3 Å². The lowest BCUT2D eigenvalue weighted by atomic mass is 10.1. The quantitative estimate of drug-likeness (QED) is 0.554. The smallest absolute Gasteiger partial charge is 0.250 e. The molecule has 0 aliphatic heterocycles. The molecule has 1 fully saturated rings. The molecule has 0 aromatic carbocycles. The highest BCUT2D eigenvalue weighted by atomic mass is 16.3. The van der Waals surface area contributed by atoms with Crippen molar-refractivity contribution < 1.29 is 9.90 Å². The van der Waals surface area contributed by atoms with Gasteiger partial charge in [-0.2, -0.15) is 0 Å². The number of carbonyl (C=O) groups is 1. The number of nitrogens with one attached hydrogen (secondary N) is 1. The summed E-state index contributed by atoms with van der Waals surface area (Å²) in [6.07, 6.45) is 2.58. The molecular weight excluding hydrogens is 168 g/mol. The van der Waals surface area contributed by atoms with Crippen molar-refractivity contribution in [3.05, 3.63) is 0 Å². The predicted octanol–water partition coefficient (Wildman–Crippen LogP) is -0.247. The third-order valence-electron chi connectivity index (χ3n) is 2.22. The molecule has 13 heavy (non-hydrogen) atoms. The van der Waals surface area contributed by atoms with Crippen molar-refractivity contribution in [3.8, 4) is 0 Å². The average molecular weight is 186 g/mol. The molecule has 2 atom stereocenters. The molecule has 0 radical (unpaired) electrons. The Balaban J connectivity index is 2.26. The van der Waals surface area contributed by atoms with E-state index < -0.39 is 12.1 Å². The molecule has 0 aromatic rings. The zero-order chi connectivity index (χ0) is 9.84. The van der Waals surface area contributed by atoms with Gasteiger partial charge in [0.2, 0.25) is 0 Å². The van der Waals surface area contributed by atoms with Crippen LogP contribution in [-0.2, 0) is 4.79 Å². The normalized spacial score (nSPS) is 20.8. The second-order valence-electron chi connectivity index (χ2n) is 3.68. The minimum atomic E-state index is -1.04. The van der Waals surface area contributed by atoms with Crippen LogP contribution in [0.1, 0.15) is 32.6 Å². The van der Waals surface area contributed by atoms with Gasteiger partial charge in [0.15, 0.2) is 0 Å². The minimum Gasteiger partial charge on any atom is -0.382 e. The maximum absolute atomic E-state index is 11.3. The zero-order valence-corrected chi connectivity index (χ0v) is 7.99. The van der Waals surface area contributed by atoms with Gasteiger partial charge in [0.25, 0.3) is 5.91 Å². The third kappa shape index (κ3) is 3.32. The number of hydrogen-bond donors (Lipinski definition) is 3. The fourth-order valence-electron chi connectivity index (χ4n) is 1.20. The summed E-state index contributed by atoms with van der Waals surface area (Å²) >= 11 is 0. The van der Waals surface area contributed by atoms with Crippen LogP contribution >= 0.6 is 0 Å². The molecule has 0 heterocycles. The van der Waals surface area contributed by atoms with Gasteiger partial charge < -0.3 is 16.2 Å². The van der Waals surface area contributed by atoms with Crippen LogP contribution in [0.25, 0.3) is 0 Å². The van der Waals surface area contributed by atoms with Gasteiger partial charge in [0, 0.05) is 12.1 Å². The molecule has 4 N–H and O–H groups in total. The summed E-state index contributed by atoms with van der Waals surface area (Å²) in [5.74, 6) is -0.316. The molecule has 1 aliphatic carbocycles. The van der Waals surface area contributed by atoms with E-state index in [-0.39, 0.29) is 11.9 Å². The lowest BCUT2D eigenvalue weighted by Gasteiger charge is -2.17. The van der Waals surface area contributed by atoms with E-state index in [1.54, 1.807) is 0 Å². The zero-order valence-electron chi connectivity index (χ0n) is 7.99. The topological polar surface area (TPSA) is 75.3 Å². The van der Waals surface area contributed by atoms with Crippen LogP contribution in [-0.4, -0.2) is 29.2 Å². The molecule has 1 aliphatic rings. The van der Waals surface area contributed by atoms with Gasteiger partial charge in [-0.1, -0.05) is 13.3 Å². The maximum Gasteiger partial charge on any atom is 0.250 e. The van der Waals surface area contributed by atoms with E-state index in [0.29, 0.717) is 6.42 Å². The fraction of sp³-hybridized carbons (Fsp3) is 0.889. The number of aliphatic hydroxyl groups excluding tert-OH is 1. The van der Waals surface area contributed by atoms with Gasteiger partial charge in [0.1, 0.15) is 6.10 Å². The molecule has 76 valence electrons. The Morgan fingerprint density at radius 2 is 2.31 bits per heavy atom. The molecule has 0 saturated heterocycles. The monoisotopic (exact) mass is 186 g/mol. The number of rotatable bonds is 5. The summed E-state index contributed by atoms with van der Waals surface area (Å²) in [6.45, 7) is 1.98. The van der Waals surface area contributed by atoms with E-state index in [2.05, 4.69) is 5.32 Å². The van der Waals surface area contributed by atoms with Crippen molar-refractivity contribution in [1.82, 2.24) is 5.32 Å². The van der Waals surface area contributed by atoms with Gasteiger partial charge in [0.05, 0.1) is 0 Å². The Bertz CT molecular complexity index is 180. The molecule has 4 heteroatoms. The van der Waals surface area contributed by atoms with Crippen molar-refractivity contribution in [3.63, 3.8) is 0 Å². The Labute approximate surface area is 78.5 Å². The first-order chi connectivity index (χ1) is 6.15. The summed E-state index contributed by atoms with van der Waals surface area (Å²) in [7, 11) is 0. The SMILES string of the molecule is CCCC(N)[C@H](O)C(=O)NC1CC1. The Morgan fingerprint density at radius 3 is 2.77 bits per heavy atom. The van der Waals surface area contributed by atoms with Crippen molar-refractivity contribution in [2.24, 2.45) is 5.73 Å². The Morgan fingerprint density at radius 1 is 1.69 bits per heavy atom. The first kappa shape index (κ1) is 10.5. The standard InChI is InChI=1S/C9H18N2O2/c1-2-3-7(10)8(12)9(13)11-6-4-5-6/h6-8,12H,2-5,10H2,1H3,(H,11,13)/t7?,8-/m0/s1. The molecule has 1 rings (SSSR count). The van der Waals surface area contributed by atoms with E-state index in [1.807, 2.05) is 6.92 Å². The number of carbonyl (C=O) groups excluding carboxylic acids is 1. The second kappa shape index (κ2) is 4.58. The third-order valence-corrected chi connectivity index (χ3v) is 2.22. The average Bonchev–Trinajstić information content (AvgIpc) is 2.87. The number of aliphatic hydroxyl groups is 1. The summed E-state index contributed by atoms with van der Waals surface area (Å²) in [5, 5.41) is 12.2. The van der Waals surface area contributed by atoms with Gasteiger partial charge in [-0.15, -0.1) is 0 Å². The van der Waals surface area contributed by atoms with Crippen molar-refractivity contribution in [1.29, 1.82) is 0 Å². The molecule has 4 nitrogen and oxygen atoms in total. The summed E-state index contributed by atoms with van der Waals surface area (Å²) in [5.41, 5.74) is 5.61. The van der Waals surface area contributed by atoms with Crippen molar-refractivity contribution >= 4 is 5.91 Å². The van der Waals surface area contributed by atoms with Crippen LogP contribution in [0.3, 0.4) is 0 Å². The second-order valence-corrected chi connectivity index (χ2v) is 3.68. The maximum atomic E-state index is 11.3. The molecule has 0 aromatic heterocycles. The van der Waals surface area contributed by atoms with Gasteiger partial charge in [-0.05, 0) is 19.3 Å². The van der Waals surface area contributed by atoms with Crippen LogP contribution < -0.4 is 11.1 Å². The minimum absolute atomic E-state index is 0.288. The van der Waals surface area contributed by atoms with Crippen LogP contribution in [0.2, 0.25) is 0 Å². The highest BCUT2D eigenvalue weighted by molar-refractivity contribution is 5.81. The van der Waals surface area contributed by atoms with E-state index in [4.69, 9.17) is 5.73 Å². The predicted molar refractivity (Wildman–Crippen MR) is 50.1 cm³/mol. The summed E-state index contributed by atoms with van der Waals surface area (Å²) in [4.78, 5) is 11.3. The van der Waals surface area contributed by atoms with Gasteiger partial charge in [-0.3, -0.25) is 4.79 Å². The number of nitrogens with two attached hydrogens (primary N) is 1. The Hall–Kier alpha value is -0.610. The fourth-order valence-corrected chi connectivity index (χ4v) is 1.20. The van der Waals surface area contributed by atoms with Crippen molar-refractivity contribution in [2.45, 2.75) is 50.8 Å². The lowest BCUT2D eigenvalue weighted by molar-refractivity contribution is -0.130. The molecular formula is C9H18N2O2. The molecule has 1 saturated carbocycles. The molecule has 1 amide bonds.